The first kappa shape index (κ1) is 9.58. The van der Waals surface area contributed by atoms with Crippen LogP contribution in [0.15, 0.2) is 24.4 Å². The van der Waals surface area contributed by atoms with Gasteiger partial charge in [-0.1, -0.05) is 6.07 Å². The molecule has 0 saturated carbocycles. The first-order valence-electron chi connectivity index (χ1n) is 4.84. The molecule has 3 N–H and O–H groups in total. The van der Waals surface area contributed by atoms with Crippen LogP contribution in [-0.4, -0.2) is 28.2 Å². The lowest BCUT2D eigenvalue weighted by molar-refractivity contribution is -0.0295. The van der Waals surface area contributed by atoms with Crippen molar-refractivity contribution in [3.05, 3.63) is 30.1 Å². The summed E-state index contributed by atoms with van der Waals surface area (Å²) in [5, 5.41) is 12.0. The smallest absolute Gasteiger partial charge is 0.109 e. The standard InChI is InChI=1S/C10H15N3O/c11-13-7-4-10(14,5-8-13)9-3-1-2-6-12-9/h1-3,6,14H,4-5,7-8,11H2. The minimum Gasteiger partial charge on any atom is -0.383 e. The first-order chi connectivity index (χ1) is 6.71. The number of rotatable bonds is 1. The van der Waals surface area contributed by atoms with Gasteiger partial charge in [0.1, 0.15) is 5.60 Å². The second-order valence-electron chi connectivity index (χ2n) is 3.78. The topological polar surface area (TPSA) is 62.4 Å². The molecule has 2 heterocycles. The van der Waals surface area contributed by atoms with Gasteiger partial charge in [0, 0.05) is 19.3 Å². The van der Waals surface area contributed by atoms with E-state index in [1.165, 1.54) is 0 Å². The number of aliphatic hydroxyl groups is 1. The zero-order chi connectivity index (χ0) is 10.0. The van der Waals surface area contributed by atoms with Gasteiger partial charge in [-0.2, -0.15) is 0 Å². The Morgan fingerprint density at radius 3 is 2.64 bits per heavy atom. The molecule has 1 fully saturated rings. The minimum atomic E-state index is -0.781. The van der Waals surface area contributed by atoms with E-state index in [2.05, 4.69) is 4.98 Å². The van der Waals surface area contributed by atoms with E-state index in [1.54, 1.807) is 11.2 Å². The zero-order valence-electron chi connectivity index (χ0n) is 8.06. The van der Waals surface area contributed by atoms with E-state index >= 15 is 0 Å². The minimum absolute atomic E-state index is 0.653. The van der Waals surface area contributed by atoms with E-state index in [0.717, 1.165) is 5.69 Å². The van der Waals surface area contributed by atoms with Crippen LogP contribution in [0.25, 0.3) is 0 Å². The molecule has 0 aromatic carbocycles. The van der Waals surface area contributed by atoms with Crippen molar-refractivity contribution in [2.24, 2.45) is 5.84 Å². The van der Waals surface area contributed by atoms with Crippen LogP contribution >= 0.6 is 0 Å². The van der Waals surface area contributed by atoms with Gasteiger partial charge in [-0.25, -0.2) is 5.01 Å². The number of aromatic nitrogens is 1. The van der Waals surface area contributed by atoms with Crippen LogP contribution in [-0.2, 0) is 5.60 Å². The van der Waals surface area contributed by atoms with Gasteiger partial charge in [0.2, 0.25) is 0 Å². The summed E-state index contributed by atoms with van der Waals surface area (Å²) in [6, 6.07) is 5.62. The number of nitrogens with zero attached hydrogens (tertiary/aromatic N) is 2. The normalized spacial score (nSPS) is 22.1. The van der Waals surface area contributed by atoms with E-state index in [4.69, 9.17) is 5.84 Å². The van der Waals surface area contributed by atoms with Gasteiger partial charge in [0.15, 0.2) is 0 Å². The maximum atomic E-state index is 10.3. The molecule has 0 amide bonds. The third kappa shape index (κ3) is 1.77. The molecule has 14 heavy (non-hydrogen) atoms. The van der Waals surface area contributed by atoms with Gasteiger partial charge in [-0.05, 0) is 25.0 Å². The highest BCUT2D eigenvalue weighted by atomic mass is 16.3. The fourth-order valence-electron chi connectivity index (χ4n) is 1.79. The largest absolute Gasteiger partial charge is 0.383 e. The molecule has 0 radical (unpaired) electrons. The molecule has 0 spiro atoms. The summed E-state index contributed by atoms with van der Waals surface area (Å²) < 4.78 is 0. The average Bonchev–Trinajstić information content (AvgIpc) is 2.24. The molecular weight excluding hydrogens is 178 g/mol. The Kier molecular flexibility index (Phi) is 2.50. The van der Waals surface area contributed by atoms with Crippen molar-refractivity contribution in [2.75, 3.05) is 13.1 Å². The number of hydrogen-bond acceptors (Lipinski definition) is 4. The third-order valence-electron chi connectivity index (χ3n) is 2.77. The lowest BCUT2D eigenvalue weighted by atomic mass is 9.88. The Balaban J connectivity index is 2.17. The second kappa shape index (κ2) is 3.65. The maximum Gasteiger partial charge on any atom is 0.109 e. The molecule has 1 aromatic rings. The summed E-state index contributed by atoms with van der Waals surface area (Å²) >= 11 is 0. The Morgan fingerprint density at radius 1 is 1.36 bits per heavy atom. The zero-order valence-corrected chi connectivity index (χ0v) is 8.06. The molecule has 1 aromatic heterocycles. The predicted octanol–water partition coefficient (Wildman–Crippen LogP) is 0.239. The van der Waals surface area contributed by atoms with Gasteiger partial charge in [0.05, 0.1) is 5.69 Å². The summed E-state index contributed by atoms with van der Waals surface area (Å²) in [7, 11) is 0. The Bertz CT molecular complexity index is 293. The molecule has 76 valence electrons. The van der Waals surface area contributed by atoms with E-state index in [0.29, 0.717) is 25.9 Å². The molecule has 2 rings (SSSR count). The Morgan fingerprint density at radius 2 is 2.07 bits per heavy atom. The fraction of sp³-hybridized carbons (Fsp3) is 0.500. The molecule has 1 aliphatic rings. The molecule has 4 heteroatoms. The second-order valence-corrected chi connectivity index (χ2v) is 3.78. The summed E-state index contributed by atoms with van der Waals surface area (Å²) in [5.74, 6) is 5.64. The average molecular weight is 193 g/mol. The molecule has 0 atom stereocenters. The van der Waals surface area contributed by atoms with Crippen molar-refractivity contribution in [1.82, 2.24) is 9.99 Å². The summed E-state index contributed by atoms with van der Waals surface area (Å²) in [5.41, 5.74) is -0.0231. The summed E-state index contributed by atoms with van der Waals surface area (Å²) in [6.07, 6.45) is 3.02. The number of hydrazine groups is 1. The van der Waals surface area contributed by atoms with Gasteiger partial charge in [0.25, 0.3) is 0 Å². The van der Waals surface area contributed by atoms with E-state index in [9.17, 15) is 5.11 Å². The third-order valence-corrected chi connectivity index (χ3v) is 2.77. The van der Waals surface area contributed by atoms with Crippen LogP contribution < -0.4 is 5.84 Å². The number of nitrogens with two attached hydrogens (primary N) is 1. The van der Waals surface area contributed by atoms with Crippen molar-refractivity contribution in [2.45, 2.75) is 18.4 Å². The quantitative estimate of drug-likeness (QED) is 0.627. The van der Waals surface area contributed by atoms with Crippen LogP contribution in [0.1, 0.15) is 18.5 Å². The van der Waals surface area contributed by atoms with Gasteiger partial charge < -0.3 is 5.11 Å². The van der Waals surface area contributed by atoms with Crippen molar-refractivity contribution in [1.29, 1.82) is 0 Å². The fourth-order valence-corrected chi connectivity index (χ4v) is 1.79. The van der Waals surface area contributed by atoms with Crippen LogP contribution in [0.2, 0.25) is 0 Å². The highest BCUT2D eigenvalue weighted by molar-refractivity contribution is 5.13. The first-order valence-corrected chi connectivity index (χ1v) is 4.84. The number of hydrogen-bond donors (Lipinski definition) is 2. The van der Waals surface area contributed by atoms with Gasteiger partial charge in [-0.3, -0.25) is 10.8 Å². The van der Waals surface area contributed by atoms with Crippen LogP contribution in [0.4, 0.5) is 0 Å². The SMILES string of the molecule is NN1CCC(O)(c2ccccn2)CC1. The molecule has 0 unspecified atom stereocenters. The maximum absolute atomic E-state index is 10.3. The lowest BCUT2D eigenvalue weighted by Crippen LogP contribution is -2.46. The summed E-state index contributed by atoms with van der Waals surface area (Å²) in [4.78, 5) is 4.19. The molecule has 1 saturated heterocycles. The molecule has 1 aliphatic heterocycles. The van der Waals surface area contributed by atoms with E-state index < -0.39 is 5.60 Å². The molecular formula is C10H15N3O. The highest BCUT2D eigenvalue weighted by Crippen LogP contribution is 2.30. The Labute approximate surface area is 83.3 Å². The van der Waals surface area contributed by atoms with E-state index in [-0.39, 0.29) is 0 Å². The predicted molar refractivity (Wildman–Crippen MR) is 53.1 cm³/mol. The van der Waals surface area contributed by atoms with Crippen molar-refractivity contribution in [3.8, 4) is 0 Å². The van der Waals surface area contributed by atoms with Crippen molar-refractivity contribution < 1.29 is 5.11 Å². The lowest BCUT2D eigenvalue weighted by Gasteiger charge is -2.35. The van der Waals surface area contributed by atoms with Crippen LogP contribution in [0.3, 0.4) is 0 Å². The van der Waals surface area contributed by atoms with E-state index in [1.807, 2.05) is 18.2 Å². The summed E-state index contributed by atoms with van der Waals surface area (Å²) in [6.45, 7) is 1.43. The number of piperidine rings is 1. The number of pyridine rings is 1. The highest BCUT2D eigenvalue weighted by Gasteiger charge is 2.34. The molecule has 4 nitrogen and oxygen atoms in total. The van der Waals surface area contributed by atoms with Crippen LogP contribution in [0, 0.1) is 0 Å². The van der Waals surface area contributed by atoms with Crippen molar-refractivity contribution >= 4 is 0 Å². The van der Waals surface area contributed by atoms with Gasteiger partial charge in [-0.15, -0.1) is 0 Å². The monoisotopic (exact) mass is 193 g/mol. The Hall–Kier alpha value is -0.970. The van der Waals surface area contributed by atoms with Gasteiger partial charge >= 0.3 is 0 Å². The molecule has 0 bridgehead atoms. The molecule has 0 aliphatic carbocycles. The van der Waals surface area contributed by atoms with Crippen molar-refractivity contribution in [3.63, 3.8) is 0 Å². The van der Waals surface area contributed by atoms with Crippen LogP contribution in [0.5, 0.6) is 0 Å².